The smallest absolute Gasteiger partial charge is 0.338 e. The monoisotopic (exact) mass is 420 g/mol. The van der Waals surface area contributed by atoms with Crippen LogP contribution in [0.1, 0.15) is 68.7 Å². The van der Waals surface area contributed by atoms with Gasteiger partial charge in [0.2, 0.25) is 0 Å². The molecule has 0 unspecified atom stereocenters. The molecule has 0 spiro atoms. The predicted molar refractivity (Wildman–Crippen MR) is 114 cm³/mol. The number of amides is 3. The Labute approximate surface area is 180 Å². The molecule has 0 atom stereocenters. The Balaban J connectivity index is 1.44. The fourth-order valence-electron chi connectivity index (χ4n) is 4.13. The van der Waals surface area contributed by atoms with E-state index >= 15 is 0 Å². The number of benzene rings is 2. The van der Waals surface area contributed by atoms with E-state index in [0.29, 0.717) is 5.69 Å². The van der Waals surface area contributed by atoms with Crippen molar-refractivity contribution in [1.29, 1.82) is 0 Å². The van der Waals surface area contributed by atoms with Crippen molar-refractivity contribution >= 4 is 29.4 Å². The molecule has 7 nitrogen and oxygen atoms in total. The average Bonchev–Trinajstić information content (AvgIpc) is 3.03. The third-order valence-electron chi connectivity index (χ3n) is 5.78. The van der Waals surface area contributed by atoms with Crippen LogP contribution in [0, 0.1) is 6.92 Å². The molecule has 2 aromatic carbocycles. The Morgan fingerprint density at radius 3 is 2.45 bits per heavy atom. The second-order valence-corrected chi connectivity index (χ2v) is 7.97. The number of nitrogens with zero attached hydrogens (tertiary/aromatic N) is 1. The summed E-state index contributed by atoms with van der Waals surface area (Å²) in [5, 5.41) is 2.89. The van der Waals surface area contributed by atoms with Gasteiger partial charge in [-0.15, -0.1) is 0 Å². The van der Waals surface area contributed by atoms with Gasteiger partial charge in [0.05, 0.1) is 22.4 Å². The van der Waals surface area contributed by atoms with E-state index in [1.807, 2.05) is 19.1 Å². The minimum Gasteiger partial charge on any atom is -0.452 e. The normalized spacial score (nSPS) is 16.2. The van der Waals surface area contributed by atoms with Gasteiger partial charge in [-0.25, -0.2) is 9.69 Å². The van der Waals surface area contributed by atoms with Crippen LogP contribution in [0.5, 0.6) is 0 Å². The van der Waals surface area contributed by atoms with Crippen molar-refractivity contribution < 1.29 is 23.9 Å². The molecule has 1 heterocycles. The molecule has 1 saturated carbocycles. The summed E-state index contributed by atoms with van der Waals surface area (Å²) in [4.78, 5) is 51.3. The number of imide groups is 1. The SMILES string of the molecule is Cc1ccccc1N1C(=O)c2ccc(C(=O)OCC(=O)NC3CCCCC3)cc2C1=O. The van der Waals surface area contributed by atoms with E-state index in [4.69, 9.17) is 4.74 Å². The summed E-state index contributed by atoms with van der Waals surface area (Å²) in [5.41, 5.74) is 1.81. The minimum atomic E-state index is -0.712. The van der Waals surface area contributed by atoms with E-state index < -0.39 is 17.8 Å². The zero-order valence-corrected chi connectivity index (χ0v) is 17.3. The second-order valence-electron chi connectivity index (χ2n) is 7.97. The molecular weight excluding hydrogens is 396 g/mol. The maximum absolute atomic E-state index is 12.9. The van der Waals surface area contributed by atoms with E-state index in [0.717, 1.165) is 36.1 Å². The Hall–Kier alpha value is -3.48. The summed E-state index contributed by atoms with van der Waals surface area (Å²) in [6, 6.07) is 11.5. The van der Waals surface area contributed by atoms with Crippen molar-refractivity contribution in [2.24, 2.45) is 0 Å². The van der Waals surface area contributed by atoms with Gasteiger partial charge in [-0.1, -0.05) is 37.5 Å². The molecule has 7 heteroatoms. The van der Waals surface area contributed by atoms with Gasteiger partial charge >= 0.3 is 5.97 Å². The van der Waals surface area contributed by atoms with Crippen LogP contribution in [0.15, 0.2) is 42.5 Å². The molecule has 160 valence electrons. The Morgan fingerprint density at radius 1 is 1.00 bits per heavy atom. The lowest BCUT2D eigenvalue weighted by Gasteiger charge is -2.22. The number of nitrogens with one attached hydrogen (secondary N) is 1. The Bertz CT molecular complexity index is 1060. The second kappa shape index (κ2) is 8.71. The van der Waals surface area contributed by atoms with Gasteiger partial charge < -0.3 is 10.1 Å². The van der Waals surface area contributed by atoms with Crippen LogP contribution in [0.3, 0.4) is 0 Å². The van der Waals surface area contributed by atoms with E-state index in [2.05, 4.69) is 5.32 Å². The molecule has 1 N–H and O–H groups in total. The number of carbonyl (C=O) groups excluding carboxylic acids is 4. The number of hydrogen-bond donors (Lipinski definition) is 1. The molecule has 1 aliphatic heterocycles. The molecule has 31 heavy (non-hydrogen) atoms. The first-order valence-electron chi connectivity index (χ1n) is 10.5. The number of carbonyl (C=O) groups is 4. The molecule has 4 rings (SSSR count). The van der Waals surface area contributed by atoms with Crippen molar-refractivity contribution in [1.82, 2.24) is 5.32 Å². The third kappa shape index (κ3) is 4.21. The Kier molecular flexibility index (Phi) is 5.84. The lowest BCUT2D eigenvalue weighted by atomic mass is 9.95. The largest absolute Gasteiger partial charge is 0.452 e. The molecule has 2 aromatic rings. The van der Waals surface area contributed by atoms with Gasteiger partial charge in [-0.2, -0.15) is 0 Å². The van der Waals surface area contributed by atoms with Crippen LogP contribution in [-0.2, 0) is 9.53 Å². The number of rotatable bonds is 5. The van der Waals surface area contributed by atoms with Gasteiger partial charge in [-0.3, -0.25) is 14.4 Å². The van der Waals surface area contributed by atoms with E-state index in [1.54, 1.807) is 12.1 Å². The first-order valence-corrected chi connectivity index (χ1v) is 10.5. The van der Waals surface area contributed by atoms with E-state index in [9.17, 15) is 19.2 Å². The quantitative estimate of drug-likeness (QED) is 0.591. The summed E-state index contributed by atoms with van der Waals surface area (Å²) in [5.74, 6) is -1.96. The van der Waals surface area contributed by atoms with Gasteiger partial charge in [0.25, 0.3) is 17.7 Å². The van der Waals surface area contributed by atoms with Crippen molar-refractivity contribution in [3.05, 3.63) is 64.7 Å². The van der Waals surface area contributed by atoms with Crippen LogP contribution < -0.4 is 10.2 Å². The molecule has 1 aliphatic carbocycles. The lowest BCUT2D eigenvalue weighted by Crippen LogP contribution is -2.38. The summed E-state index contributed by atoms with van der Waals surface area (Å²) < 4.78 is 5.12. The van der Waals surface area contributed by atoms with Crippen molar-refractivity contribution in [3.63, 3.8) is 0 Å². The molecule has 3 amide bonds. The number of esters is 1. The predicted octanol–water partition coefficient (Wildman–Crippen LogP) is 3.40. The fourth-order valence-corrected chi connectivity index (χ4v) is 4.13. The van der Waals surface area contributed by atoms with Gasteiger partial charge in [0, 0.05) is 6.04 Å². The maximum Gasteiger partial charge on any atom is 0.338 e. The van der Waals surface area contributed by atoms with Gasteiger partial charge in [-0.05, 0) is 49.6 Å². The molecule has 0 radical (unpaired) electrons. The number of para-hydroxylation sites is 1. The van der Waals surface area contributed by atoms with Crippen molar-refractivity contribution in [2.75, 3.05) is 11.5 Å². The van der Waals surface area contributed by atoms with Crippen LogP contribution in [0.4, 0.5) is 5.69 Å². The van der Waals surface area contributed by atoms with Crippen LogP contribution in [-0.4, -0.2) is 36.3 Å². The van der Waals surface area contributed by atoms with Crippen molar-refractivity contribution in [3.8, 4) is 0 Å². The summed E-state index contributed by atoms with van der Waals surface area (Å²) in [7, 11) is 0. The molecule has 1 fully saturated rings. The first kappa shape index (κ1) is 20.8. The third-order valence-corrected chi connectivity index (χ3v) is 5.78. The summed E-state index contributed by atoms with van der Waals surface area (Å²) >= 11 is 0. The Morgan fingerprint density at radius 2 is 1.71 bits per heavy atom. The highest BCUT2D eigenvalue weighted by atomic mass is 16.5. The van der Waals surface area contributed by atoms with Crippen LogP contribution >= 0.6 is 0 Å². The topological polar surface area (TPSA) is 92.8 Å². The van der Waals surface area contributed by atoms with Crippen LogP contribution in [0.25, 0.3) is 0 Å². The fraction of sp³-hybridized carbons (Fsp3) is 0.333. The highest BCUT2D eigenvalue weighted by molar-refractivity contribution is 6.34. The average molecular weight is 420 g/mol. The van der Waals surface area contributed by atoms with E-state index in [1.165, 1.54) is 24.6 Å². The molecule has 0 bridgehead atoms. The zero-order valence-electron chi connectivity index (χ0n) is 17.3. The number of anilines is 1. The highest BCUT2D eigenvalue weighted by Crippen LogP contribution is 2.31. The van der Waals surface area contributed by atoms with Gasteiger partial charge in [0.15, 0.2) is 6.61 Å². The first-order chi connectivity index (χ1) is 15.0. The number of fused-ring (bicyclic) bond motifs is 1. The molecule has 0 aromatic heterocycles. The van der Waals surface area contributed by atoms with Crippen LogP contribution in [0.2, 0.25) is 0 Å². The highest BCUT2D eigenvalue weighted by Gasteiger charge is 2.37. The van der Waals surface area contributed by atoms with Crippen molar-refractivity contribution in [2.45, 2.75) is 45.1 Å². The van der Waals surface area contributed by atoms with Gasteiger partial charge in [0.1, 0.15) is 0 Å². The minimum absolute atomic E-state index is 0.122. The standard InChI is InChI=1S/C24H24N2O5/c1-15-7-5-6-10-20(15)26-22(28)18-12-11-16(13-19(18)23(26)29)24(30)31-14-21(27)25-17-8-3-2-4-9-17/h5-7,10-13,17H,2-4,8-9,14H2,1H3,(H,25,27). The number of ether oxygens (including phenoxy) is 1. The maximum atomic E-state index is 12.9. The number of aryl methyl sites for hydroxylation is 1. The summed E-state index contributed by atoms with van der Waals surface area (Å²) in [6.45, 7) is 1.44. The molecule has 2 aliphatic rings. The lowest BCUT2D eigenvalue weighted by molar-refractivity contribution is -0.125. The molecular formula is C24H24N2O5. The zero-order chi connectivity index (χ0) is 22.0. The molecule has 0 saturated heterocycles. The number of hydrogen-bond acceptors (Lipinski definition) is 5. The van der Waals surface area contributed by atoms with E-state index in [-0.39, 0.29) is 35.2 Å². The summed E-state index contributed by atoms with van der Waals surface area (Å²) in [6.07, 6.45) is 5.25.